The number of morpholine rings is 1. The molecule has 2 aromatic rings. The number of nitrogens with one attached hydrogen (secondary N) is 1. The van der Waals surface area contributed by atoms with Crippen LogP contribution >= 0.6 is 11.3 Å². The quantitative estimate of drug-likeness (QED) is 0.350. The van der Waals surface area contributed by atoms with E-state index in [0.717, 1.165) is 35.8 Å². The number of hydrogen-bond acceptors (Lipinski definition) is 9. The number of anilines is 2. The molecule has 1 fully saturated rings. The van der Waals surface area contributed by atoms with Gasteiger partial charge in [-0.2, -0.15) is 0 Å². The van der Waals surface area contributed by atoms with Crippen molar-refractivity contribution < 1.29 is 28.8 Å². The Labute approximate surface area is 192 Å². The molecule has 12 heteroatoms. The summed E-state index contributed by atoms with van der Waals surface area (Å²) in [6, 6.07) is 4.06. The molecule has 0 bridgehead atoms. The Hall–Kier alpha value is -3.51. The van der Waals surface area contributed by atoms with Crippen LogP contribution in [-0.2, 0) is 27.1 Å². The maximum Gasteiger partial charge on any atom is 0.338 e. The summed E-state index contributed by atoms with van der Waals surface area (Å²) in [4.78, 5) is 50.4. The van der Waals surface area contributed by atoms with E-state index < -0.39 is 29.3 Å². The minimum Gasteiger partial charge on any atom is -0.452 e. The highest BCUT2D eigenvalue weighted by atomic mass is 32.1. The van der Waals surface area contributed by atoms with Gasteiger partial charge < -0.3 is 25.4 Å². The molecule has 4 rings (SSSR count). The predicted molar refractivity (Wildman–Crippen MR) is 120 cm³/mol. The van der Waals surface area contributed by atoms with Crippen molar-refractivity contribution in [3.05, 3.63) is 49.9 Å². The van der Waals surface area contributed by atoms with Gasteiger partial charge in [-0.1, -0.05) is 0 Å². The Bertz CT molecular complexity index is 1120. The maximum absolute atomic E-state index is 12.4. The number of fused-ring (bicyclic) bond motifs is 1. The fourth-order valence-corrected chi connectivity index (χ4v) is 5.31. The first-order chi connectivity index (χ1) is 15.8. The third-order valence-corrected chi connectivity index (χ3v) is 6.72. The molecule has 2 aliphatic rings. The second-order valence-electron chi connectivity index (χ2n) is 7.61. The van der Waals surface area contributed by atoms with E-state index in [4.69, 9.17) is 15.2 Å². The minimum absolute atomic E-state index is 0.0422. The molecule has 33 heavy (non-hydrogen) atoms. The molecular formula is C21H22N4O7S. The van der Waals surface area contributed by atoms with Gasteiger partial charge in [-0.25, -0.2) is 4.79 Å². The molecule has 1 aromatic carbocycles. The van der Waals surface area contributed by atoms with E-state index in [2.05, 4.69) is 5.32 Å². The topological polar surface area (TPSA) is 154 Å². The molecule has 2 heterocycles. The van der Waals surface area contributed by atoms with Gasteiger partial charge in [0.15, 0.2) is 6.61 Å². The fourth-order valence-electron chi connectivity index (χ4n) is 4.00. The van der Waals surface area contributed by atoms with Crippen LogP contribution in [-0.4, -0.2) is 55.6 Å². The SMILES string of the molecule is NC(=O)c1c(NC(=O)COC(=O)c2ccc(N3CCOCC3)c([N+](=O)[O-])c2)sc2c1CCC2. The molecule has 1 saturated heterocycles. The summed E-state index contributed by atoms with van der Waals surface area (Å²) in [6.45, 7) is 1.31. The smallest absolute Gasteiger partial charge is 0.338 e. The lowest BCUT2D eigenvalue weighted by atomic mass is 10.1. The molecule has 2 amide bonds. The van der Waals surface area contributed by atoms with E-state index >= 15 is 0 Å². The van der Waals surface area contributed by atoms with Crippen molar-refractivity contribution in [2.45, 2.75) is 19.3 Å². The molecule has 11 nitrogen and oxygen atoms in total. The summed E-state index contributed by atoms with van der Waals surface area (Å²) in [5.41, 5.74) is 6.77. The van der Waals surface area contributed by atoms with Crippen LogP contribution in [0.2, 0.25) is 0 Å². The summed E-state index contributed by atoms with van der Waals surface area (Å²) in [5.74, 6) is -2.12. The van der Waals surface area contributed by atoms with Gasteiger partial charge in [0.25, 0.3) is 17.5 Å². The number of nitrogens with two attached hydrogens (primary N) is 1. The zero-order chi connectivity index (χ0) is 23.5. The van der Waals surface area contributed by atoms with Gasteiger partial charge in [0.1, 0.15) is 10.7 Å². The average molecular weight is 474 g/mol. The monoisotopic (exact) mass is 474 g/mol. The van der Waals surface area contributed by atoms with E-state index in [1.54, 1.807) is 0 Å². The fraction of sp³-hybridized carbons (Fsp3) is 0.381. The Morgan fingerprint density at radius 1 is 1.24 bits per heavy atom. The zero-order valence-corrected chi connectivity index (χ0v) is 18.4. The van der Waals surface area contributed by atoms with Crippen LogP contribution in [0.3, 0.4) is 0 Å². The Kier molecular flexibility index (Phi) is 6.56. The van der Waals surface area contributed by atoms with Crippen LogP contribution in [0, 0.1) is 10.1 Å². The highest BCUT2D eigenvalue weighted by Gasteiger charge is 2.27. The number of esters is 1. The number of aryl methyl sites for hydroxylation is 1. The molecule has 174 valence electrons. The van der Waals surface area contributed by atoms with Crippen LogP contribution in [0.15, 0.2) is 18.2 Å². The minimum atomic E-state index is -0.870. The van der Waals surface area contributed by atoms with Crippen molar-refractivity contribution in [3.8, 4) is 0 Å². The molecule has 0 saturated carbocycles. The van der Waals surface area contributed by atoms with Gasteiger partial charge in [0.2, 0.25) is 0 Å². The van der Waals surface area contributed by atoms with E-state index in [1.807, 2.05) is 4.90 Å². The highest BCUT2D eigenvalue weighted by molar-refractivity contribution is 7.17. The first-order valence-corrected chi connectivity index (χ1v) is 11.2. The number of thiophene rings is 1. The number of ether oxygens (including phenoxy) is 2. The van der Waals surface area contributed by atoms with Crippen molar-refractivity contribution in [1.82, 2.24) is 0 Å². The van der Waals surface area contributed by atoms with Crippen molar-refractivity contribution in [1.29, 1.82) is 0 Å². The number of primary amides is 1. The van der Waals surface area contributed by atoms with Crippen molar-refractivity contribution in [3.63, 3.8) is 0 Å². The molecule has 0 atom stereocenters. The van der Waals surface area contributed by atoms with Crippen molar-refractivity contribution in [2.75, 3.05) is 43.1 Å². The van der Waals surface area contributed by atoms with Crippen LogP contribution in [0.25, 0.3) is 0 Å². The molecule has 0 unspecified atom stereocenters. The van der Waals surface area contributed by atoms with E-state index in [1.165, 1.54) is 23.5 Å². The second-order valence-corrected chi connectivity index (χ2v) is 8.72. The normalized spacial score (nSPS) is 15.1. The zero-order valence-electron chi connectivity index (χ0n) is 17.6. The number of nitro benzene ring substituents is 1. The van der Waals surface area contributed by atoms with Crippen molar-refractivity contribution >= 4 is 45.5 Å². The maximum atomic E-state index is 12.4. The lowest BCUT2D eigenvalue weighted by molar-refractivity contribution is -0.384. The van der Waals surface area contributed by atoms with Crippen LogP contribution in [0.4, 0.5) is 16.4 Å². The largest absolute Gasteiger partial charge is 0.452 e. The highest BCUT2D eigenvalue weighted by Crippen LogP contribution is 2.38. The number of carbonyl (C=O) groups is 3. The van der Waals surface area contributed by atoms with Gasteiger partial charge in [0, 0.05) is 24.0 Å². The summed E-state index contributed by atoms with van der Waals surface area (Å²) < 4.78 is 10.3. The molecule has 1 aromatic heterocycles. The molecule has 0 spiro atoms. The third-order valence-electron chi connectivity index (χ3n) is 5.51. The Morgan fingerprint density at radius 2 is 2.00 bits per heavy atom. The molecular weight excluding hydrogens is 452 g/mol. The number of carbonyl (C=O) groups excluding carboxylic acids is 3. The number of hydrogen-bond donors (Lipinski definition) is 2. The lowest BCUT2D eigenvalue weighted by Crippen LogP contribution is -2.36. The lowest BCUT2D eigenvalue weighted by Gasteiger charge is -2.28. The Balaban J connectivity index is 1.41. The van der Waals surface area contributed by atoms with Gasteiger partial charge in [-0.05, 0) is 37.0 Å². The average Bonchev–Trinajstić information content (AvgIpc) is 3.38. The van der Waals surface area contributed by atoms with Crippen molar-refractivity contribution in [2.24, 2.45) is 5.73 Å². The first kappa shape index (κ1) is 22.7. The molecule has 1 aliphatic carbocycles. The predicted octanol–water partition coefficient (Wildman–Crippen LogP) is 1.88. The summed E-state index contributed by atoms with van der Waals surface area (Å²) in [6.07, 6.45) is 2.49. The molecule has 0 radical (unpaired) electrons. The summed E-state index contributed by atoms with van der Waals surface area (Å²) in [5, 5.41) is 14.5. The first-order valence-electron chi connectivity index (χ1n) is 10.4. The third kappa shape index (κ3) is 4.81. The van der Waals surface area contributed by atoms with E-state index in [0.29, 0.717) is 42.6 Å². The van der Waals surface area contributed by atoms with Crippen LogP contribution in [0.5, 0.6) is 0 Å². The number of rotatable bonds is 7. The van der Waals surface area contributed by atoms with E-state index in [-0.39, 0.29) is 11.3 Å². The second kappa shape index (κ2) is 9.55. The molecule has 3 N–H and O–H groups in total. The number of amides is 2. The number of nitro groups is 1. The van der Waals surface area contributed by atoms with E-state index in [9.17, 15) is 24.5 Å². The van der Waals surface area contributed by atoms with Gasteiger partial charge in [-0.3, -0.25) is 19.7 Å². The standard InChI is InChI=1S/C21H22N4O7S/c22-19(27)18-13-2-1-3-16(13)33-20(18)23-17(26)11-32-21(28)12-4-5-14(15(10-12)25(29)30)24-6-8-31-9-7-24/h4-5,10H,1-3,6-9,11H2,(H2,22,27)(H,23,26). The molecule has 1 aliphatic heterocycles. The van der Waals surface area contributed by atoms with Gasteiger partial charge >= 0.3 is 5.97 Å². The van der Waals surface area contributed by atoms with Crippen LogP contribution < -0.4 is 16.0 Å². The van der Waals surface area contributed by atoms with Gasteiger partial charge in [-0.15, -0.1) is 11.3 Å². The summed E-state index contributed by atoms with van der Waals surface area (Å²) in [7, 11) is 0. The summed E-state index contributed by atoms with van der Waals surface area (Å²) >= 11 is 1.29. The number of nitrogens with zero attached hydrogens (tertiary/aromatic N) is 2. The number of benzene rings is 1. The van der Waals surface area contributed by atoms with Gasteiger partial charge in [0.05, 0.1) is 29.3 Å². The Morgan fingerprint density at radius 3 is 2.70 bits per heavy atom. The van der Waals surface area contributed by atoms with Crippen LogP contribution in [0.1, 0.15) is 37.6 Å².